The van der Waals surface area contributed by atoms with Crippen LogP contribution in [0.2, 0.25) is 0 Å². The van der Waals surface area contributed by atoms with Gasteiger partial charge in [-0.25, -0.2) is 0 Å². The van der Waals surface area contributed by atoms with E-state index in [-0.39, 0.29) is 5.41 Å². The van der Waals surface area contributed by atoms with Gasteiger partial charge in [-0.3, -0.25) is 0 Å². The van der Waals surface area contributed by atoms with Gasteiger partial charge in [-0.2, -0.15) is 0 Å². The Labute approximate surface area is 374 Å². The first-order chi connectivity index (χ1) is 30.3. The van der Waals surface area contributed by atoms with E-state index >= 15 is 0 Å². The summed E-state index contributed by atoms with van der Waals surface area (Å²) in [4.78, 5) is 5.00. The molecule has 11 rings (SSSR count). The van der Waals surface area contributed by atoms with Gasteiger partial charge < -0.3 is 4.74 Å². The fraction of sp³-hybridized carbons (Fsp3) is 0.268. The Hall–Kier alpha value is -5.60. The van der Waals surface area contributed by atoms with Crippen LogP contribution in [0.4, 0.5) is 17.1 Å². The van der Waals surface area contributed by atoms with Crippen molar-refractivity contribution >= 4 is 57.6 Å². The van der Waals surface area contributed by atoms with E-state index in [0.717, 1.165) is 83.7 Å². The van der Waals surface area contributed by atoms with Crippen LogP contribution in [0.15, 0.2) is 172 Å². The molecule has 0 saturated carbocycles. The molecule has 0 radical (unpaired) electrons. The van der Waals surface area contributed by atoms with Gasteiger partial charge in [0.1, 0.15) is 0 Å². The molecule has 1 unspecified atom stereocenters. The summed E-state index contributed by atoms with van der Waals surface area (Å²) in [7, 11) is 0. The predicted molar refractivity (Wildman–Crippen MR) is 268 cm³/mol. The molecule has 0 bridgehead atoms. The Morgan fingerprint density at radius 2 is 1.71 bits per heavy atom. The molecule has 0 amide bonds. The van der Waals surface area contributed by atoms with Crippen molar-refractivity contribution in [1.82, 2.24) is 4.57 Å². The number of hydrogen-bond donors (Lipinski definition) is 1. The zero-order valence-corrected chi connectivity index (χ0v) is 38.5. The van der Waals surface area contributed by atoms with Gasteiger partial charge in [0.2, 0.25) is 0 Å². The van der Waals surface area contributed by atoms with Crippen molar-refractivity contribution in [3.05, 3.63) is 188 Å². The molecule has 62 heavy (non-hydrogen) atoms. The average molecular weight is 927 g/mol. The van der Waals surface area contributed by atoms with Crippen molar-refractivity contribution < 1.29 is 4.74 Å². The summed E-state index contributed by atoms with van der Waals surface area (Å²) in [6, 6.07) is 36.0. The second-order valence-electron chi connectivity index (χ2n) is 18.2. The molecule has 6 aliphatic rings. The number of fused-ring (bicyclic) bond motifs is 4. The zero-order valence-electron chi connectivity index (χ0n) is 36.3. The van der Waals surface area contributed by atoms with Crippen LogP contribution < -0.4 is 14.5 Å². The van der Waals surface area contributed by atoms with Crippen LogP contribution in [0, 0.1) is 16.7 Å². The van der Waals surface area contributed by atoms with Crippen molar-refractivity contribution in [2.75, 3.05) is 9.80 Å². The minimum atomic E-state index is -2.05. The van der Waals surface area contributed by atoms with Gasteiger partial charge in [0.15, 0.2) is 0 Å². The van der Waals surface area contributed by atoms with E-state index in [1.54, 1.807) is 0 Å². The standard InChI is InChI=1S/C56H55IN4O/c1-37-27-32-54-52(33-37)61(51-25-14-15-26-53(51)62-54)44-29-31-50-46(36-44)45-35-43(59(40-18-8-5-9-19-40)41-20-10-6-11-21-41)28-30-49(45)60(50)42-22-16-17-39(34-42)38(2)57-48-24-13-7-12-23-47(48)56(3,4)55(57)58/h5,7-10,12-22,24-26,28,30,34-38,58H,6,11,23,27,29,31-33H2,1-4H3/t37-,38?/m1/s1. The van der Waals surface area contributed by atoms with Crippen molar-refractivity contribution in [1.29, 1.82) is 5.41 Å². The minimum absolute atomic E-state index is 0.187. The van der Waals surface area contributed by atoms with E-state index < -0.39 is 19.8 Å². The number of rotatable bonds is 7. The van der Waals surface area contributed by atoms with E-state index in [4.69, 9.17) is 4.74 Å². The summed E-state index contributed by atoms with van der Waals surface area (Å²) < 4.78 is 12.0. The summed E-state index contributed by atoms with van der Waals surface area (Å²) in [6.45, 7) is 9.36. The first-order valence-electron chi connectivity index (χ1n) is 22.6. The molecule has 4 aliphatic carbocycles. The molecule has 0 spiro atoms. The second kappa shape index (κ2) is 15.6. The Balaban J connectivity index is 1.08. The Morgan fingerprint density at radius 1 is 0.855 bits per heavy atom. The molecule has 312 valence electrons. The number of benzene rings is 4. The van der Waals surface area contributed by atoms with E-state index in [9.17, 15) is 5.41 Å². The zero-order chi connectivity index (χ0) is 42.1. The summed E-state index contributed by atoms with van der Waals surface area (Å²) in [6.07, 6.45) is 26.6. The van der Waals surface area contributed by atoms with Crippen LogP contribution >= 0.6 is 19.8 Å². The molecule has 5 nitrogen and oxygen atoms in total. The maximum absolute atomic E-state index is 9.62. The van der Waals surface area contributed by atoms with Gasteiger partial charge in [-0.1, -0.05) is 43.3 Å². The molecule has 1 aromatic heterocycles. The molecular weight excluding hydrogens is 872 g/mol. The number of aromatic nitrogens is 1. The van der Waals surface area contributed by atoms with E-state index in [0.29, 0.717) is 9.84 Å². The van der Waals surface area contributed by atoms with Crippen LogP contribution in [0.25, 0.3) is 22.7 Å². The monoisotopic (exact) mass is 926 g/mol. The molecule has 2 aliphatic heterocycles. The third kappa shape index (κ3) is 6.51. The summed E-state index contributed by atoms with van der Waals surface area (Å²) in [5, 5.41) is 10.9. The number of allylic oxidation sites excluding steroid dienone is 12. The number of nitrogens with zero attached hydrogens (tertiary/aromatic N) is 3. The summed E-state index contributed by atoms with van der Waals surface area (Å²) in [5.74, 6) is 2.70. The Kier molecular flexibility index (Phi) is 9.90. The molecule has 2 atom stereocenters. The van der Waals surface area contributed by atoms with Crippen LogP contribution in [-0.4, -0.2) is 8.29 Å². The van der Waals surface area contributed by atoms with Gasteiger partial charge in [-0.15, -0.1) is 0 Å². The average Bonchev–Trinajstić information content (AvgIpc) is 3.55. The summed E-state index contributed by atoms with van der Waals surface area (Å²) >= 11 is -2.05. The van der Waals surface area contributed by atoms with E-state index in [1.165, 1.54) is 59.7 Å². The summed E-state index contributed by atoms with van der Waals surface area (Å²) in [5.41, 5.74) is 15.1. The SMILES string of the molecule is CC(c1cccc(-n2c3c(c4cc(N(C5=CCCC=C5)c5ccccc5)ccc42)C=C(N2C4=C(CC[C@@H](C)C4)Oc4ccccc42)CC3)c1)I1C(=N)C(C)(C)C2=C1C=CC=CC2. The van der Waals surface area contributed by atoms with Gasteiger partial charge in [-0.05, 0) is 31.2 Å². The van der Waals surface area contributed by atoms with Crippen molar-refractivity contribution in [2.24, 2.45) is 11.3 Å². The fourth-order valence-electron chi connectivity index (χ4n) is 10.6. The number of anilines is 3. The topological polar surface area (TPSA) is 44.5 Å². The number of para-hydroxylation sites is 3. The molecule has 4 aromatic carbocycles. The van der Waals surface area contributed by atoms with Gasteiger partial charge in [0.25, 0.3) is 0 Å². The number of ether oxygens (including phenoxy) is 1. The predicted octanol–water partition coefficient (Wildman–Crippen LogP) is 15.6. The molecule has 0 saturated heterocycles. The van der Waals surface area contributed by atoms with Crippen molar-refractivity contribution in [3.8, 4) is 11.4 Å². The maximum atomic E-state index is 9.62. The van der Waals surface area contributed by atoms with Crippen LogP contribution in [-0.2, 0) is 6.42 Å². The molecule has 0 fully saturated rings. The molecule has 5 aromatic rings. The molecule has 1 N–H and O–H groups in total. The molecular formula is C56H55IN4O. The van der Waals surface area contributed by atoms with Crippen LogP contribution in [0.3, 0.4) is 0 Å². The van der Waals surface area contributed by atoms with E-state index in [1.807, 2.05) is 0 Å². The van der Waals surface area contributed by atoms with Crippen molar-refractivity contribution in [2.45, 2.75) is 83.0 Å². The first-order valence-corrected chi connectivity index (χ1v) is 26.0. The number of nitrogens with one attached hydrogen (secondary N) is 1. The second-order valence-corrected chi connectivity index (χ2v) is 24.1. The number of hydrogen-bond acceptors (Lipinski definition) is 4. The van der Waals surface area contributed by atoms with Gasteiger partial charge in [0, 0.05) is 6.42 Å². The first kappa shape index (κ1) is 39.3. The Bertz CT molecular complexity index is 2880. The number of halogens is 1. The van der Waals surface area contributed by atoms with Gasteiger partial charge in [0.05, 0.1) is 0 Å². The third-order valence-electron chi connectivity index (χ3n) is 13.9. The van der Waals surface area contributed by atoms with Crippen molar-refractivity contribution in [3.63, 3.8) is 0 Å². The molecule has 3 heterocycles. The van der Waals surface area contributed by atoms with Crippen LogP contribution in [0.5, 0.6) is 5.75 Å². The quantitative estimate of drug-likeness (QED) is 0.131. The fourth-order valence-corrected chi connectivity index (χ4v) is 18.2. The number of alkyl halides is 1. The third-order valence-corrected chi connectivity index (χ3v) is 21.3. The van der Waals surface area contributed by atoms with Gasteiger partial charge >= 0.3 is 291 Å². The van der Waals surface area contributed by atoms with E-state index in [2.05, 4.69) is 188 Å². The molecule has 6 heteroatoms. The normalized spacial score (nSPS) is 21.2. The Morgan fingerprint density at radius 3 is 2.56 bits per heavy atom. The van der Waals surface area contributed by atoms with Crippen LogP contribution in [0.1, 0.15) is 93.4 Å².